The van der Waals surface area contributed by atoms with Gasteiger partial charge >= 0.3 is 0 Å². The molecule has 3 rings (SSSR count). The summed E-state index contributed by atoms with van der Waals surface area (Å²) in [7, 11) is 6.34. The molecule has 1 heterocycles. The summed E-state index contributed by atoms with van der Waals surface area (Å²) in [6, 6.07) is 9.95. The third-order valence-corrected chi connectivity index (χ3v) is 8.94. The number of benzene rings is 2. The van der Waals surface area contributed by atoms with Crippen molar-refractivity contribution < 1.29 is 13.7 Å². The number of carbonyl (C=O) groups is 1. The van der Waals surface area contributed by atoms with E-state index < -0.39 is 11.0 Å². The minimum atomic E-state index is -1.35. The first-order chi connectivity index (χ1) is 17.6. The van der Waals surface area contributed by atoms with E-state index in [1.807, 2.05) is 32.0 Å². The zero-order valence-corrected chi connectivity index (χ0v) is 24.4. The van der Waals surface area contributed by atoms with Crippen molar-refractivity contribution in [1.29, 1.82) is 0 Å². The lowest BCUT2D eigenvalue weighted by atomic mass is 9.92. The number of hydrogen-bond acceptors (Lipinski definition) is 5. The van der Waals surface area contributed by atoms with Gasteiger partial charge in [-0.05, 0) is 114 Å². The molecule has 1 saturated heterocycles. The van der Waals surface area contributed by atoms with Crippen LogP contribution in [-0.2, 0) is 15.8 Å². The molecule has 0 bridgehead atoms. The SMILES string of the molecule is COc1cc(C)c(S(=O)N(C)CCC(=O)Nc2ccc(N3CCC(CCN(C)C)CC3)c(C)c2)c(C)c1. The Morgan fingerprint density at radius 3 is 2.24 bits per heavy atom. The van der Waals surface area contributed by atoms with E-state index in [0.29, 0.717) is 6.54 Å². The fourth-order valence-electron chi connectivity index (χ4n) is 5.02. The Hall–Kier alpha value is -2.42. The molecule has 1 unspecified atom stereocenters. The van der Waals surface area contributed by atoms with Crippen LogP contribution in [0, 0.1) is 26.7 Å². The Labute approximate surface area is 225 Å². The van der Waals surface area contributed by atoms with Gasteiger partial charge in [0.1, 0.15) is 16.7 Å². The normalized spacial score (nSPS) is 15.3. The molecule has 2 aromatic rings. The molecule has 1 aliphatic rings. The van der Waals surface area contributed by atoms with Crippen LogP contribution in [0.5, 0.6) is 5.75 Å². The molecule has 0 aromatic heterocycles. The summed E-state index contributed by atoms with van der Waals surface area (Å²) < 4.78 is 20.2. The number of carbonyl (C=O) groups excluding carboxylic acids is 1. The maximum atomic E-state index is 13.1. The van der Waals surface area contributed by atoms with E-state index in [1.54, 1.807) is 18.5 Å². The molecular weight excluding hydrogens is 484 g/mol. The Balaban J connectivity index is 1.51. The van der Waals surface area contributed by atoms with Gasteiger partial charge in [0, 0.05) is 44.5 Å². The monoisotopic (exact) mass is 528 g/mol. The second-order valence-electron chi connectivity index (χ2n) is 10.5. The number of hydrogen-bond donors (Lipinski definition) is 1. The van der Waals surface area contributed by atoms with E-state index in [0.717, 1.165) is 53.0 Å². The van der Waals surface area contributed by atoms with E-state index in [9.17, 15) is 9.00 Å². The van der Waals surface area contributed by atoms with Crippen LogP contribution in [-0.4, -0.2) is 73.8 Å². The van der Waals surface area contributed by atoms with E-state index >= 15 is 0 Å². The van der Waals surface area contributed by atoms with Crippen LogP contribution in [0.2, 0.25) is 0 Å². The van der Waals surface area contributed by atoms with Crippen molar-refractivity contribution in [3.8, 4) is 5.75 Å². The van der Waals surface area contributed by atoms with Gasteiger partial charge in [0.2, 0.25) is 5.91 Å². The number of piperidine rings is 1. The molecule has 2 aromatic carbocycles. The average Bonchev–Trinajstić information content (AvgIpc) is 2.86. The summed E-state index contributed by atoms with van der Waals surface area (Å²) >= 11 is 0. The highest BCUT2D eigenvalue weighted by Crippen LogP contribution is 2.29. The second-order valence-corrected chi connectivity index (χ2v) is 12.0. The third-order valence-electron chi connectivity index (χ3n) is 7.20. The Morgan fingerprint density at radius 1 is 1.03 bits per heavy atom. The molecule has 37 heavy (non-hydrogen) atoms. The van der Waals surface area contributed by atoms with Gasteiger partial charge in [-0.3, -0.25) is 4.79 Å². The average molecular weight is 529 g/mol. The van der Waals surface area contributed by atoms with Crippen LogP contribution in [0.15, 0.2) is 35.2 Å². The molecule has 0 aliphatic carbocycles. The summed E-state index contributed by atoms with van der Waals surface area (Å²) in [6.07, 6.45) is 4.00. The minimum absolute atomic E-state index is 0.0825. The number of amides is 1. The topological polar surface area (TPSA) is 65.1 Å². The number of nitrogens with zero attached hydrogens (tertiary/aromatic N) is 3. The summed E-state index contributed by atoms with van der Waals surface area (Å²) in [5.74, 6) is 1.48. The Kier molecular flexibility index (Phi) is 10.6. The smallest absolute Gasteiger partial charge is 0.225 e. The van der Waals surface area contributed by atoms with Crippen molar-refractivity contribution in [2.24, 2.45) is 5.92 Å². The van der Waals surface area contributed by atoms with Gasteiger partial charge in [0.15, 0.2) is 0 Å². The lowest BCUT2D eigenvalue weighted by molar-refractivity contribution is -0.116. The van der Waals surface area contributed by atoms with E-state index in [1.165, 1.54) is 30.5 Å². The van der Waals surface area contributed by atoms with Crippen LogP contribution >= 0.6 is 0 Å². The molecule has 1 N–H and O–H groups in total. The highest BCUT2D eigenvalue weighted by atomic mass is 32.2. The number of rotatable bonds is 11. The fourth-order valence-corrected chi connectivity index (χ4v) is 6.25. The van der Waals surface area contributed by atoms with Crippen molar-refractivity contribution in [2.45, 2.75) is 51.3 Å². The highest BCUT2D eigenvalue weighted by Gasteiger charge is 2.21. The van der Waals surface area contributed by atoms with E-state index in [-0.39, 0.29) is 12.3 Å². The first-order valence-electron chi connectivity index (χ1n) is 13.2. The third kappa shape index (κ3) is 8.03. The van der Waals surface area contributed by atoms with Gasteiger partial charge in [-0.1, -0.05) is 0 Å². The number of anilines is 2. The molecule has 1 amide bonds. The molecule has 8 heteroatoms. The Morgan fingerprint density at radius 2 is 1.68 bits per heavy atom. The molecule has 0 radical (unpaired) electrons. The molecule has 0 spiro atoms. The number of nitrogens with one attached hydrogen (secondary N) is 1. The van der Waals surface area contributed by atoms with Crippen LogP contribution < -0.4 is 15.0 Å². The zero-order chi connectivity index (χ0) is 27.1. The van der Waals surface area contributed by atoms with Gasteiger partial charge < -0.3 is 19.9 Å². The summed E-state index contributed by atoms with van der Waals surface area (Å²) in [5.41, 5.74) is 5.06. The summed E-state index contributed by atoms with van der Waals surface area (Å²) in [4.78, 5) is 18.2. The van der Waals surface area contributed by atoms with Crippen LogP contribution in [0.1, 0.15) is 42.4 Å². The zero-order valence-electron chi connectivity index (χ0n) is 23.6. The van der Waals surface area contributed by atoms with E-state index in [4.69, 9.17) is 4.74 Å². The number of aryl methyl sites for hydroxylation is 3. The van der Waals surface area contributed by atoms with E-state index in [2.05, 4.69) is 48.3 Å². The quantitative estimate of drug-likeness (QED) is 0.455. The predicted molar refractivity (Wildman–Crippen MR) is 154 cm³/mol. The first-order valence-corrected chi connectivity index (χ1v) is 14.3. The molecule has 1 atom stereocenters. The summed E-state index contributed by atoms with van der Waals surface area (Å²) in [6.45, 7) is 9.70. The fraction of sp³-hybridized carbons (Fsp3) is 0.552. The molecule has 7 nitrogen and oxygen atoms in total. The van der Waals surface area contributed by atoms with Crippen LogP contribution in [0.3, 0.4) is 0 Å². The van der Waals surface area contributed by atoms with Crippen molar-refractivity contribution >= 4 is 28.3 Å². The van der Waals surface area contributed by atoms with Crippen molar-refractivity contribution in [2.75, 3.05) is 64.6 Å². The van der Waals surface area contributed by atoms with Crippen molar-refractivity contribution in [3.63, 3.8) is 0 Å². The first kappa shape index (κ1) is 29.1. The Bertz CT molecular complexity index is 1070. The lowest BCUT2D eigenvalue weighted by Gasteiger charge is -2.35. The van der Waals surface area contributed by atoms with Crippen molar-refractivity contribution in [1.82, 2.24) is 9.21 Å². The van der Waals surface area contributed by atoms with Gasteiger partial charge in [-0.25, -0.2) is 8.51 Å². The predicted octanol–water partition coefficient (Wildman–Crippen LogP) is 4.77. The van der Waals surface area contributed by atoms with Gasteiger partial charge in [0.25, 0.3) is 0 Å². The van der Waals surface area contributed by atoms with Gasteiger partial charge in [0.05, 0.1) is 12.0 Å². The maximum Gasteiger partial charge on any atom is 0.225 e. The largest absolute Gasteiger partial charge is 0.497 e. The van der Waals surface area contributed by atoms with Crippen LogP contribution in [0.25, 0.3) is 0 Å². The maximum absolute atomic E-state index is 13.1. The molecule has 1 aliphatic heterocycles. The molecule has 1 fully saturated rings. The lowest BCUT2D eigenvalue weighted by Crippen LogP contribution is -2.35. The molecule has 0 saturated carbocycles. The number of ether oxygens (including phenoxy) is 1. The highest BCUT2D eigenvalue weighted by molar-refractivity contribution is 7.82. The second kappa shape index (κ2) is 13.4. The van der Waals surface area contributed by atoms with Crippen molar-refractivity contribution in [3.05, 3.63) is 47.0 Å². The standard InChI is InChI=1S/C29H44N4O3S/c1-21-18-25(8-9-27(21)33-16-11-24(12-17-33)10-14-31(4)5)30-28(34)13-15-32(6)37(35)29-22(2)19-26(36-7)20-23(29)3/h8-9,18-20,24H,10-17H2,1-7H3,(H,30,34). The van der Waals surface area contributed by atoms with Crippen LogP contribution in [0.4, 0.5) is 11.4 Å². The number of methoxy groups -OCH3 is 1. The summed E-state index contributed by atoms with van der Waals surface area (Å²) in [5, 5.41) is 3.01. The van der Waals surface area contributed by atoms with Gasteiger partial charge in [-0.15, -0.1) is 0 Å². The minimum Gasteiger partial charge on any atom is -0.497 e. The molecule has 204 valence electrons. The van der Waals surface area contributed by atoms with Gasteiger partial charge in [-0.2, -0.15) is 0 Å². The molecular formula is C29H44N4O3S.